The van der Waals surface area contributed by atoms with Crippen LogP contribution in [0, 0.1) is 20.8 Å². The van der Waals surface area contributed by atoms with Gasteiger partial charge in [0.05, 0.1) is 17.6 Å². The van der Waals surface area contributed by atoms with Crippen molar-refractivity contribution in [2.45, 2.75) is 27.3 Å². The van der Waals surface area contributed by atoms with Crippen molar-refractivity contribution in [3.63, 3.8) is 0 Å². The highest BCUT2D eigenvalue weighted by Crippen LogP contribution is 2.08. The summed E-state index contributed by atoms with van der Waals surface area (Å²) < 4.78 is 1.84. The second-order valence-electron chi connectivity index (χ2n) is 4.04. The highest BCUT2D eigenvalue weighted by molar-refractivity contribution is 5.28. The van der Waals surface area contributed by atoms with Crippen molar-refractivity contribution in [2.24, 2.45) is 7.05 Å². The zero-order valence-corrected chi connectivity index (χ0v) is 10.5. The summed E-state index contributed by atoms with van der Waals surface area (Å²) in [5.41, 5.74) is 4.02. The van der Waals surface area contributed by atoms with E-state index < -0.39 is 0 Å². The first-order valence-electron chi connectivity index (χ1n) is 5.47. The third-order valence-electron chi connectivity index (χ3n) is 2.87. The first-order chi connectivity index (χ1) is 8.08. The molecule has 0 radical (unpaired) electrons. The van der Waals surface area contributed by atoms with Crippen LogP contribution in [-0.2, 0) is 13.6 Å². The summed E-state index contributed by atoms with van der Waals surface area (Å²) >= 11 is 0. The number of rotatable bonds is 3. The van der Waals surface area contributed by atoms with Gasteiger partial charge in [-0.3, -0.25) is 4.68 Å². The molecule has 2 aromatic rings. The summed E-state index contributed by atoms with van der Waals surface area (Å²) in [6.45, 7) is 6.50. The molecule has 0 amide bonds. The maximum Gasteiger partial charge on any atom is 0.243 e. The van der Waals surface area contributed by atoms with Gasteiger partial charge in [-0.1, -0.05) is 0 Å². The van der Waals surface area contributed by atoms with Crippen molar-refractivity contribution in [3.8, 4) is 0 Å². The normalized spacial score (nSPS) is 10.6. The molecule has 2 rings (SSSR count). The zero-order valence-electron chi connectivity index (χ0n) is 10.5. The molecule has 0 fully saturated rings. The summed E-state index contributed by atoms with van der Waals surface area (Å²) in [4.78, 5) is 4.31. The Labute approximate surface area is 100 Å². The molecule has 0 bridgehead atoms. The van der Waals surface area contributed by atoms with Crippen LogP contribution < -0.4 is 5.32 Å². The molecule has 0 saturated carbocycles. The number of hydrogen-bond donors (Lipinski definition) is 1. The minimum atomic E-state index is 0.552. The van der Waals surface area contributed by atoms with Gasteiger partial charge in [-0.05, 0) is 20.8 Å². The zero-order chi connectivity index (χ0) is 12.4. The lowest BCUT2D eigenvalue weighted by atomic mass is 10.2. The second-order valence-corrected chi connectivity index (χ2v) is 4.04. The lowest BCUT2D eigenvalue weighted by molar-refractivity contribution is 0.738. The van der Waals surface area contributed by atoms with Gasteiger partial charge in [0.1, 0.15) is 0 Å². The van der Waals surface area contributed by atoms with Gasteiger partial charge in [0, 0.05) is 24.8 Å². The van der Waals surface area contributed by atoms with Crippen molar-refractivity contribution in [1.29, 1.82) is 0 Å². The average molecular weight is 232 g/mol. The fourth-order valence-electron chi connectivity index (χ4n) is 1.42. The molecule has 0 spiro atoms. The van der Waals surface area contributed by atoms with Crippen LogP contribution >= 0.6 is 0 Å². The van der Waals surface area contributed by atoms with Crippen LogP contribution in [0.1, 0.15) is 22.6 Å². The monoisotopic (exact) mass is 232 g/mol. The lowest BCUT2D eigenvalue weighted by Crippen LogP contribution is -2.07. The van der Waals surface area contributed by atoms with Gasteiger partial charge >= 0.3 is 0 Å². The Hall–Kier alpha value is -1.98. The largest absolute Gasteiger partial charge is 0.349 e. The molecule has 0 atom stereocenters. The summed E-state index contributed by atoms with van der Waals surface area (Å²) in [6, 6.07) is 0. The van der Waals surface area contributed by atoms with Gasteiger partial charge in [0.2, 0.25) is 5.95 Å². The van der Waals surface area contributed by atoms with E-state index in [1.165, 1.54) is 0 Å². The Morgan fingerprint density at radius 2 is 1.94 bits per heavy atom. The van der Waals surface area contributed by atoms with E-state index in [0.717, 1.165) is 22.6 Å². The van der Waals surface area contributed by atoms with E-state index in [0.29, 0.717) is 12.5 Å². The number of hydrogen-bond acceptors (Lipinski definition) is 5. The van der Waals surface area contributed by atoms with Crippen molar-refractivity contribution in [1.82, 2.24) is 25.0 Å². The average Bonchev–Trinajstić information content (AvgIpc) is 2.62. The molecule has 90 valence electrons. The first-order valence-corrected chi connectivity index (χ1v) is 5.47. The third-order valence-corrected chi connectivity index (χ3v) is 2.87. The third kappa shape index (κ3) is 2.41. The SMILES string of the molecule is Cc1nnc(NCc2cnn(C)c2C)nc1C. The van der Waals surface area contributed by atoms with Crippen molar-refractivity contribution < 1.29 is 0 Å². The number of aryl methyl sites for hydroxylation is 3. The van der Waals surface area contributed by atoms with E-state index in [4.69, 9.17) is 0 Å². The topological polar surface area (TPSA) is 68.5 Å². The number of anilines is 1. The van der Waals surface area contributed by atoms with E-state index in [9.17, 15) is 0 Å². The molecule has 6 nitrogen and oxygen atoms in total. The molecular weight excluding hydrogens is 216 g/mol. The fraction of sp³-hybridized carbons (Fsp3) is 0.455. The Morgan fingerprint density at radius 1 is 1.18 bits per heavy atom. The summed E-state index contributed by atoms with van der Waals surface area (Å²) in [5, 5.41) is 15.3. The first kappa shape index (κ1) is 11.5. The molecule has 1 N–H and O–H groups in total. The van der Waals surface area contributed by atoms with Crippen LogP contribution in [0.3, 0.4) is 0 Å². The number of nitrogens with one attached hydrogen (secondary N) is 1. The molecule has 0 aromatic carbocycles. The van der Waals surface area contributed by atoms with Crippen LogP contribution in [0.4, 0.5) is 5.95 Å². The Bertz CT molecular complexity index is 531. The second kappa shape index (κ2) is 4.48. The van der Waals surface area contributed by atoms with E-state index in [1.807, 2.05) is 38.7 Å². The van der Waals surface area contributed by atoms with Crippen molar-refractivity contribution in [2.75, 3.05) is 5.32 Å². The summed E-state index contributed by atoms with van der Waals surface area (Å²) in [6.07, 6.45) is 1.84. The highest BCUT2D eigenvalue weighted by atomic mass is 15.3. The maximum absolute atomic E-state index is 4.31. The molecular formula is C11H16N6. The standard InChI is InChI=1S/C11H16N6/c1-7-8(2)15-16-11(14-7)12-5-10-6-13-17(4)9(10)3/h6H,5H2,1-4H3,(H,12,14,16). The molecule has 0 unspecified atom stereocenters. The minimum Gasteiger partial charge on any atom is -0.349 e. The van der Waals surface area contributed by atoms with Gasteiger partial charge in [-0.15, -0.1) is 5.10 Å². The lowest BCUT2D eigenvalue weighted by Gasteiger charge is -2.05. The Balaban J connectivity index is 2.07. The Morgan fingerprint density at radius 3 is 2.53 bits per heavy atom. The van der Waals surface area contributed by atoms with E-state index in [2.05, 4.69) is 25.6 Å². The Kier molecular flexibility index (Phi) is 3.03. The van der Waals surface area contributed by atoms with Crippen molar-refractivity contribution >= 4 is 5.95 Å². The maximum atomic E-state index is 4.31. The predicted octanol–water partition coefficient (Wildman–Crippen LogP) is 1.14. The molecule has 17 heavy (non-hydrogen) atoms. The van der Waals surface area contributed by atoms with Crippen LogP contribution in [0.15, 0.2) is 6.20 Å². The molecule has 0 aliphatic carbocycles. The molecule has 2 heterocycles. The molecule has 0 saturated heterocycles. The van der Waals surface area contributed by atoms with E-state index in [-0.39, 0.29) is 0 Å². The van der Waals surface area contributed by atoms with Crippen LogP contribution in [-0.4, -0.2) is 25.0 Å². The molecule has 6 heteroatoms. The van der Waals surface area contributed by atoms with E-state index >= 15 is 0 Å². The number of nitrogens with zero attached hydrogens (tertiary/aromatic N) is 5. The van der Waals surface area contributed by atoms with Crippen molar-refractivity contribution in [3.05, 3.63) is 28.8 Å². The predicted molar refractivity (Wildman–Crippen MR) is 64.6 cm³/mol. The minimum absolute atomic E-state index is 0.552. The smallest absolute Gasteiger partial charge is 0.243 e. The summed E-state index contributed by atoms with van der Waals surface area (Å²) in [5.74, 6) is 0.552. The molecule has 0 aliphatic heterocycles. The van der Waals surface area contributed by atoms with E-state index in [1.54, 1.807) is 0 Å². The van der Waals surface area contributed by atoms with Gasteiger partial charge in [-0.2, -0.15) is 10.2 Å². The van der Waals surface area contributed by atoms with Gasteiger partial charge in [-0.25, -0.2) is 4.98 Å². The van der Waals surface area contributed by atoms with Gasteiger partial charge < -0.3 is 5.32 Å². The van der Waals surface area contributed by atoms with Crippen LogP contribution in [0.25, 0.3) is 0 Å². The number of aromatic nitrogens is 5. The highest BCUT2D eigenvalue weighted by Gasteiger charge is 2.05. The van der Waals surface area contributed by atoms with Crippen LogP contribution in [0.2, 0.25) is 0 Å². The van der Waals surface area contributed by atoms with Crippen LogP contribution in [0.5, 0.6) is 0 Å². The molecule has 2 aromatic heterocycles. The van der Waals surface area contributed by atoms with Gasteiger partial charge in [0.25, 0.3) is 0 Å². The van der Waals surface area contributed by atoms with Gasteiger partial charge in [0.15, 0.2) is 0 Å². The quantitative estimate of drug-likeness (QED) is 0.859. The molecule has 0 aliphatic rings. The summed E-state index contributed by atoms with van der Waals surface area (Å²) in [7, 11) is 1.92. The fourth-order valence-corrected chi connectivity index (χ4v) is 1.42.